The number of rotatable bonds is 3. The Morgan fingerprint density at radius 3 is 2.53 bits per heavy atom. The van der Waals surface area contributed by atoms with E-state index in [0.29, 0.717) is 4.99 Å². The second-order valence-electron chi connectivity index (χ2n) is 3.55. The molecule has 2 nitrogen and oxygen atoms in total. The van der Waals surface area contributed by atoms with E-state index in [4.69, 9.17) is 17.0 Å². The quantitative estimate of drug-likeness (QED) is 0.834. The van der Waals surface area contributed by atoms with Gasteiger partial charge in [0.05, 0.1) is 7.11 Å². The zero-order valence-electron chi connectivity index (χ0n) is 9.51. The van der Waals surface area contributed by atoms with Gasteiger partial charge >= 0.3 is 0 Å². The Kier molecular flexibility index (Phi) is 3.73. The Labute approximate surface area is 106 Å². The van der Waals surface area contributed by atoms with Crippen molar-refractivity contribution in [1.82, 2.24) is 0 Å². The molecule has 0 atom stereocenters. The van der Waals surface area contributed by atoms with Crippen LogP contribution in [0.5, 0.6) is 5.75 Å². The number of benzene rings is 2. The van der Waals surface area contributed by atoms with Crippen molar-refractivity contribution >= 4 is 22.9 Å². The number of ether oxygens (including phenoxy) is 1. The van der Waals surface area contributed by atoms with Gasteiger partial charge in [0.25, 0.3) is 0 Å². The Balaban J connectivity index is 2.14. The van der Waals surface area contributed by atoms with Gasteiger partial charge in [-0.3, -0.25) is 0 Å². The van der Waals surface area contributed by atoms with Crippen LogP contribution in [-0.2, 0) is 0 Å². The molecule has 2 rings (SSSR count). The summed E-state index contributed by atoms with van der Waals surface area (Å²) < 4.78 is 5.17. The van der Waals surface area contributed by atoms with Crippen molar-refractivity contribution in [3.63, 3.8) is 0 Å². The highest BCUT2D eigenvalue weighted by Crippen LogP contribution is 2.15. The molecule has 0 aliphatic heterocycles. The van der Waals surface area contributed by atoms with Gasteiger partial charge in [-0.1, -0.05) is 42.5 Å². The molecule has 0 bridgehead atoms. The van der Waals surface area contributed by atoms with Crippen molar-refractivity contribution in [2.45, 2.75) is 0 Å². The number of anilines is 1. The standard InChI is InChI=1S/C14H13NOS/c1-16-13-9-5-6-11(10-13)14(17)15-12-7-3-2-4-8-12/h2-10H,1H3,(H,15,17). The van der Waals surface area contributed by atoms with Crippen LogP contribution >= 0.6 is 12.2 Å². The molecule has 0 unspecified atom stereocenters. The van der Waals surface area contributed by atoms with Crippen molar-refractivity contribution in [2.75, 3.05) is 12.4 Å². The first-order valence-corrected chi connectivity index (χ1v) is 5.71. The number of thiocarbonyl (C=S) groups is 1. The van der Waals surface area contributed by atoms with Crippen LogP contribution in [0.15, 0.2) is 54.6 Å². The van der Waals surface area contributed by atoms with Gasteiger partial charge in [-0.25, -0.2) is 0 Å². The van der Waals surface area contributed by atoms with Gasteiger partial charge in [-0.15, -0.1) is 0 Å². The fourth-order valence-electron chi connectivity index (χ4n) is 1.49. The van der Waals surface area contributed by atoms with E-state index < -0.39 is 0 Å². The van der Waals surface area contributed by atoms with Crippen molar-refractivity contribution in [3.05, 3.63) is 60.2 Å². The van der Waals surface area contributed by atoms with Crippen LogP contribution in [0.2, 0.25) is 0 Å². The van der Waals surface area contributed by atoms with Gasteiger partial charge in [0.1, 0.15) is 10.7 Å². The third kappa shape index (κ3) is 3.04. The number of para-hydroxylation sites is 1. The van der Waals surface area contributed by atoms with Gasteiger partial charge in [-0.05, 0) is 24.3 Å². The average Bonchev–Trinajstić information content (AvgIpc) is 2.40. The molecular formula is C14H13NOS. The maximum absolute atomic E-state index is 5.34. The SMILES string of the molecule is COc1cccc(C(=S)Nc2ccccc2)c1. The zero-order valence-corrected chi connectivity index (χ0v) is 10.3. The summed E-state index contributed by atoms with van der Waals surface area (Å²) in [5.41, 5.74) is 1.93. The van der Waals surface area contributed by atoms with E-state index in [9.17, 15) is 0 Å². The molecule has 0 spiro atoms. The van der Waals surface area contributed by atoms with Crippen molar-refractivity contribution < 1.29 is 4.74 Å². The molecule has 2 aromatic carbocycles. The Morgan fingerprint density at radius 2 is 1.82 bits per heavy atom. The fourth-order valence-corrected chi connectivity index (χ4v) is 1.73. The lowest BCUT2D eigenvalue weighted by atomic mass is 10.2. The third-order valence-corrected chi connectivity index (χ3v) is 2.70. The molecule has 3 heteroatoms. The summed E-state index contributed by atoms with van der Waals surface area (Å²) in [6.45, 7) is 0. The topological polar surface area (TPSA) is 21.3 Å². The molecule has 0 aromatic heterocycles. The summed E-state index contributed by atoms with van der Waals surface area (Å²) in [5.74, 6) is 0.805. The van der Waals surface area contributed by atoms with Crippen molar-refractivity contribution in [2.24, 2.45) is 0 Å². The van der Waals surface area contributed by atoms with Crippen molar-refractivity contribution in [1.29, 1.82) is 0 Å². The van der Waals surface area contributed by atoms with Gasteiger partial charge in [-0.2, -0.15) is 0 Å². The smallest absolute Gasteiger partial charge is 0.119 e. The normalized spacial score (nSPS) is 9.71. The second-order valence-corrected chi connectivity index (χ2v) is 3.96. The van der Waals surface area contributed by atoms with E-state index in [2.05, 4.69) is 5.32 Å². The molecule has 0 aliphatic carbocycles. The number of hydrogen-bond acceptors (Lipinski definition) is 2. The van der Waals surface area contributed by atoms with Crippen LogP contribution in [-0.4, -0.2) is 12.1 Å². The van der Waals surface area contributed by atoms with E-state index in [-0.39, 0.29) is 0 Å². The molecule has 0 radical (unpaired) electrons. The molecule has 0 amide bonds. The van der Waals surface area contributed by atoms with Crippen LogP contribution in [0.3, 0.4) is 0 Å². The maximum Gasteiger partial charge on any atom is 0.119 e. The monoisotopic (exact) mass is 243 g/mol. The highest BCUT2D eigenvalue weighted by atomic mass is 32.1. The first kappa shape index (κ1) is 11.6. The lowest BCUT2D eigenvalue weighted by Crippen LogP contribution is -2.10. The Hall–Kier alpha value is -1.87. The molecular weight excluding hydrogens is 230 g/mol. The minimum absolute atomic E-state index is 0.690. The minimum Gasteiger partial charge on any atom is -0.497 e. The van der Waals surface area contributed by atoms with Gasteiger partial charge in [0.2, 0.25) is 0 Å². The maximum atomic E-state index is 5.34. The van der Waals surface area contributed by atoms with E-state index in [0.717, 1.165) is 17.0 Å². The molecule has 17 heavy (non-hydrogen) atoms. The largest absolute Gasteiger partial charge is 0.497 e. The first-order chi connectivity index (χ1) is 8.29. The predicted octanol–water partition coefficient (Wildman–Crippen LogP) is 3.48. The molecule has 0 aliphatic rings. The van der Waals surface area contributed by atoms with E-state index in [1.165, 1.54) is 0 Å². The molecule has 2 aromatic rings. The summed E-state index contributed by atoms with van der Waals surface area (Å²) in [4.78, 5) is 0.690. The summed E-state index contributed by atoms with van der Waals surface area (Å²) in [6.07, 6.45) is 0. The molecule has 0 fully saturated rings. The lowest BCUT2D eigenvalue weighted by molar-refractivity contribution is 0.414. The number of hydrogen-bond donors (Lipinski definition) is 1. The summed E-state index contributed by atoms with van der Waals surface area (Å²) >= 11 is 5.34. The lowest BCUT2D eigenvalue weighted by Gasteiger charge is -2.09. The molecule has 1 N–H and O–H groups in total. The Bertz CT molecular complexity index is 511. The molecule has 0 saturated heterocycles. The third-order valence-electron chi connectivity index (χ3n) is 2.36. The van der Waals surface area contributed by atoms with E-state index in [1.54, 1.807) is 7.11 Å². The van der Waals surface area contributed by atoms with Crippen LogP contribution in [0.1, 0.15) is 5.56 Å². The molecule has 0 saturated carbocycles. The summed E-state index contributed by atoms with van der Waals surface area (Å²) in [6, 6.07) is 17.6. The van der Waals surface area contributed by atoms with E-state index in [1.807, 2.05) is 54.6 Å². The number of nitrogens with one attached hydrogen (secondary N) is 1. The zero-order chi connectivity index (χ0) is 12.1. The van der Waals surface area contributed by atoms with Crippen LogP contribution in [0.4, 0.5) is 5.69 Å². The average molecular weight is 243 g/mol. The van der Waals surface area contributed by atoms with Crippen LogP contribution < -0.4 is 10.1 Å². The van der Waals surface area contributed by atoms with E-state index >= 15 is 0 Å². The van der Waals surface area contributed by atoms with Gasteiger partial charge in [0.15, 0.2) is 0 Å². The van der Waals surface area contributed by atoms with Crippen LogP contribution in [0.25, 0.3) is 0 Å². The minimum atomic E-state index is 0.690. The highest BCUT2D eigenvalue weighted by Gasteiger charge is 2.02. The fraction of sp³-hybridized carbons (Fsp3) is 0.0714. The number of methoxy groups -OCH3 is 1. The summed E-state index contributed by atoms with van der Waals surface area (Å²) in [5, 5.41) is 3.19. The van der Waals surface area contributed by atoms with Gasteiger partial charge < -0.3 is 10.1 Å². The van der Waals surface area contributed by atoms with Crippen LogP contribution in [0, 0.1) is 0 Å². The molecule has 86 valence electrons. The first-order valence-electron chi connectivity index (χ1n) is 5.30. The molecule has 0 heterocycles. The van der Waals surface area contributed by atoms with Crippen molar-refractivity contribution in [3.8, 4) is 5.75 Å². The van der Waals surface area contributed by atoms with Gasteiger partial charge in [0, 0.05) is 11.3 Å². The highest BCUT2D eigenvalue weighted by molar-refractivity contribution is 7.81. The summed E-state index contributed by atoms with van der Waals surface area (Å²) in [7, 11) is 1.65. The second kappa shape index (κ2) is 5.46. The Morgan fingerprint density at radius 1 is 1.06 bits per heavy atom. The predicted molar refractivity (Wildman–Crippen MR) is 74.8 cm³/mol.